The van der Waals surface area contributed by atoms with Gasteiger partial charge in [0.25, 0.3) is 11.6 Å². The molecule has 0 saturated carbocycles. The number of benzene rings is 1. The zero-order valence-corrected chi connectivity index (χ0v) is 11.5. The largest absolute Gasteiger partial charge is 0.395 e. The van der Waals surface area contributed by atoms with Gasteiger partial charge in [-0.1, -0.05) is 6.07 Å². The molecular weight excluding hydrogens is 288 g/mol. The summed E-state index contributed by atoms with van der Waals surface area (Å²) in [5.41, 5.74) is -0.264. The van der Waals surface area contributed by atoms with E-state index in [1.54, 1.807) is 0 Å². The molecular formula is C11H14N2O6S. The topological polar surface area (TPSA) is 121 Å². The van der Waals surface area contributed by atoms with Crippen LogP contribution in [0.25, 0.3) is 0 Å². The quantitative estimate of drug-likeness (QED) is 0.445. The zero-order chi connectivity index (χ0) is 15.3. The molecule has 9 heteroatoms. The van der Waals surface area contributed by atoms with Crippen LogP contribution in [-0.2, 0) is 16.8 Å². The number of rotatable bonds is 6. The van der Waals surface area contributed by atoms with Crippen LogP contribution in [0.2, 0.25) is 0 Å². The summed E-state index contributed by atoms with van der Waals surface area (Å²) >= 11 is -2.12. The Bertz CT molecular complexity index is 548. The van der Waals surface area contributed by atoms with Crippen LogP contribution in [0.15, 0.2) is 18.2 Å². The molecule has 0 radical (unpaired) electrons. The molecule has 1 rings (SSSR count). The van der Waals surface area contributed by atoms with Crippen molar-refractivity contribution in [2.24, 2.45) is 0 Å². The number of nitro benzene ring substituents is 1. The van der Waals surface area contributed by atoms with Crippen LogP contribution in [0, 0.1) is 10.1 Å². The number of aliphatic hydroxyl groups excluding tert-OH is 1. The number of aliphatic hydroxyl groups is 1. The third kappa shape index (κ3) is 4.08. The molecule has 8 nitrogen and oxygen atoms in total. The van der Waals surface area contributed by atoms with E-state index in [0.717, 1.165) is 11.0 Å². The van der Waals surface area contributed by atoms with Crippen molar-refractivity contribution in [1.82, 2.24) is 4.90 Å². The average Bonchev–Trinajstić information content (AvgIpc) is 2.37. The lowest BCUT2D eigenvalue weighted by Crippen LogP contribution is -2.30. The van der Waals surface area contributed by atoms with Gasteiger partial charge in [0.15, 0.2) is 11.1 Å². The normalized spacial score (nSPS) is 11.9. The fraction of sp³-hybridized carbons (Fsp3) is 0.364. The van der Waals surface area contributed by atoms with Crippen LogP contribution in [0.3, 0.4) is 0 Å². The molecule has 0 aliphatic carbocycles. The van der Waals surface area contributed by atoms with Crippen molar-refractivity contribution in [2.75, 3.05) is 20.2 Å². The third-order valence-corrected chi connectivity index (χ3v) is 3.14. The standard InChI is InChI=1S/C11H14N2O6S/c1-12(4-5-14)11(15)9-3-2-8(7-20(18)19)6-10(9)13(16)17/h2-3,6,14H,4-5,7H2,1H3,(H,18,19). The lowest BCUT2D eigenvalue weighted by atomic mass is 10.1. The Morgan fingerprint density at radius 1 is 1.50 bits per heavy atom. The molecule has 0 aliphatic heterocycles. The first-order valence-electron chi connectivity index (χ1n) is 5.58. The van der Waals surface area contributed by atoms with Gasteiger partial charge in [-0.05, 0) is 11.6 Å². The third-order valence-electron chi connectivity index (χ3n) is 2.56. The Labute approximate surface area is 117 Å². The van der Waals surface area contributed by atoms with Crippen molar-refractivity contribution in [3.8, 4) is 0 Å². The molecule has 1 atom stereocenters. The molecule has 2 N–H and O–H groups in total. The number of carbonyl (C=O) groups is 1. The minimum atomic E-state index is -2.12. The predicted molar refractivity (Wildman–Crippen MR) is 71.6 cm³/mol. The number of carbonyl (C=O) groups excluding carboxylic acids is 1. The van der Waals surface area contributed by atoms with Gasteiger partial charge in [0.1, 0.15) is 5.56 Å². The molecule has 0 heterocycles. The van der Waals surface area contributed by atoms with E-state index in [2.05, 4.69) is 0 Å². The van der Waals surface area contributed by atoms with Gasteiger partial charge >= 0.3 is 0 Å². The van der Waals surface area contributed by atoms with E-state index in [9.17, 15) is 19.1 Å². The Morgan fingerprint density at radius 2 is 2.15 bits per heavy atom. The predicted octanol–water partition coefficient (Wildman–Crippen LogP) is 0.381. The van der Waals surface area contributed by atoms with E-state index in [4.69, 9.17) is 9.66 Å². The number of amides is 1. The first-order valence-corrected chi connectivity index (χ1v) is 6.85. The summed E-state index contributed by atoms with van der Waals surface area (Å²) in [5.74, 6) is -0.843. The maximum Gasteiger partial charge on any atom is 0.282 e. The van der Waals surface area contributed by atoms with Crippen molar-refractivity contribution in [3.63, 3.8) is 0 Å². The van der Waals surface area contributed by atoms with Gasteiger partial charge in [-0.3, -0.25) is 14.9 Å². The van der Waals surface area contributed by atoms with Crippen molar-refractivity contribution >= 4 is 22.7 Å². The number of nitro groups is 1. The summed E-state index contributed by atoms with van der Waals surface area (Å²) in [7, 11) is 1.42. The second-order valence-corrected chi connectivity index (χ2v) is 4.96. The molecule has 0 aromatic heterocycles. The summed E-state index contributed by atoms with van der Waals surface area (Å²) in [5, 5.41) is 19.8. The van der Waals surface area contributed by atoms with Crippen LogP contribution in [-0.4, -0.2) is 49.8 Å². The molecule has 1 amide bonds. The van der Waals surface area contributed by atoms with E-state index in [1.165, 1.54) is 19.2 Å². The smallest absolute Gasteiger partial charge is 0.282 e. The lowest BCUT2D eigenvalue weighted by Gasteiger charge is -2.15. The number of nitrogens with zero attached hydrogens (tertiary/aromatic N) is 2. The lowest BCUT2D eigenvalue weighted by molar-refractivity contribution is -0.385. The molecule has 0 aliphatic rings. The highest BCUT2D eigenvalue weighted by atomic mass is 32.2. The summed E-state index contributed by atoms with van der Waals surface area (Å²) in [6.45, 7) is -0.198. The first-order chi connectivity index (χ1) is 9.36. The molecule has 0 fully saturated rings. The number of hydrogen-bond acceptors (Lipinski definition) is 5. The molecule has 0 spiro atoms. The molecule has 0 saturated heterocycles. The van der Waals surface area contributed by atoms with Gasteiger partial charge in [0.05, 0.1) is 17.3 Å². The van der Waals surface area contributed by atoms with Crippen LogP contribution >= 0.6 is 0 Å². The number of likely N-dealkylation sites (N-methyl/N-ethyl adjacent to an activating group) is 1. The fourth-order valence-corrected chi connectivity index (χ4v) is 2.06. The van der Waals surface area contributed by atoms with Crippen molar-refractivity contribution in [3.05, 3.63) is 39.4 Å². The second kappa shape index (κ2) is 7.08. The Kier molecular flexibility index (Phi) is 5.74. The molecule has 1 unspecified atom stereocenters. The van der Waals surface area contributed by atoms with E-state index in [1.807, 2.05) is 0 Å². The molecule has 1 aromatic carbocycles. The van der Waals surface area contributed by atoms with E-state index < -0.39 is 27.6 Å². The van der Waals surface area contributed by atoms with Crippen LogP contribution in [0.1, 0.15) is 15.9 Å². The van der Waals surface area contributed by atoms with Crippen molar-refractivity contribution < 1.29 is 23.6 Å². The molecule has 1 aromatic rings. The number of hydrogen-bond donors (Lipinski definition) is 2. The van der Waals surface area contributed by atoms with E-state index >= 15 is 0 Å². The van der Waals surface area contributed by atoms with Crippen molar-refractivity contribution in [2.45, 2.75) is 5.75 Å². The highest BCUT2D eigenvalue weighted by Gasteiger charge is 2.23. The minimum absolute atomic E-state index is 0.0540. The Balaban J connectivity index is 3.16. The summed E-state index contributed by atoms with van der Waals surface area (Å²) in [6.07, 6.45) is 0. The minimum Gasteiger partial charge on any atom is -0.395 e. The second-order valence-electron chi connectivity index (χ2n) is 4.02. The Morgan fingerprint density at radius 3 is 2.65 bits per heavy atom. The fourth-order valence-electron chi connectivity index (χ4n) is 1.60. The summed E-state index contributed by atoms with van der Waals surface area (Å²) < 4.78 is 19.5. The monoisotopic (exact) mass is 302 g/mol. The van der Waals surface area contributed by atoms with Crippen LogP contribution in [0.5, 0.6) is 0 Å². The average molecular weight is 302 g/mol. The summed E-state index contributed by atoms with van der Waals surface area (Å²) in [4.78, 5) is 23.4. The summed E-state index contributed by atoms with van der Waals surface area (Å²) in [6, 6.07) is 3.74. The zero-order valence-electron chi connectivity index (χ0n) is 10.7. The van der Waals surface area contributed by atoms with Gasteiger partial charge in [-0.2, -0.15) is 0 Å². The highest BCUT2D eigenvalue weighted by molar-refractivity contribution is 7.78. The SMILES string of the molecule is CN(CCO)C(=O)c1ccc(CS(=O)O)cc1[N+](=O)[O-]. The van der Waals surface area contributed by atoms with Gasteiger partial charge in [-0.15, -0.1) is 0 Å². The molecule has 0 bridgehead atoms. The molecule has 110 valence electrons. The van der Waals surface area contributed by atoms with E-state index in [0.29, 0.717) is 5.56 Å². The van der Waals surface area contributed by atoms with Gasteiger partial charge in [-0.25, -0.2) is 4.21 Å². The van der Waals surface area contributed by atoms with E-state index in [-0.39, 0.29) is 24.5 Å². The maximum absolute atomic E-state index is 12.0. The van der Waals surface area contributed by atoms with Crippen molar-refractivity contribution in [1.29, 1.82) is 0 Å². The van der Waals surface area contributed by atoms with Gasteiger partial charge in [0, 0.05) is 19.7 Å². The van der Waals surface area contributed by atoms with Gasteiger partial charge < -0.3 is 14.6 Å². The van der Waals surface area contributed by atoms with Crippen LogP contribution in [0.4, 0.5) is 5.69 Å². The molecule has 20 heavy (non-hydrogen) atoms. The van der Waals surface area contributed by atoms with Gasteiger partial charge in [0.2, 0.25) is 0 Å². The maximum atomic E-state index is 12.0. The van der Waals surface area contributed by atoms with Crippen LogP contribution < -0.4 is 0 Å². The first kappa shape index (κ1) is 16.2. The Hall–Kier alpha value is -1.84. The highest BCUT2D eigenvalue weighted by Crippen LogP contribution is 2.22.